The SMILES string of the molecule is O=C(C[C@@H](Sc1ccc(Cl)cc1Cl)c1ccccc1)c1ccc(F)cc1. The van der Waals surface area contributed by atoms with Crippen LogP contribution in [0.1, 0.15) is 27.6 Å². The van der Waals surface area contributed by atoms with Crippen molar-refractivity contribution in [3.63, 3.8) is 0 Å². The van der Waals surface area contributed by atoms with Crippen molar-refractivity contribution in [2.24, 2.45) is 0 Å². The Labute approximate surface area is 166 Å². The largest absolute Gasteiger partial charge is 0.294 e. The Hall–Kier alpha value is -1.81. The van der Waals surface area contributed by atoms with E-state index in [1.807, 2.05) is 36.4 Å². The summed E-state index contributed by atoms with van der Waals surface area (Å²) in [6.07, 6.45) is 0.277. The topological polar surface area (TPSA) is 17.1 Å². The fraction of sp³-hybridized carbons (Fsp3) is 0.0952. The maximum absolute atomic E-state index is 13.1. The van der Waals surface area contributed by atoms with Crippen LogP contribution in [-0.4, -0.2) is 5.78 Å². The highest BCUT2D eigenvalue weighted by Gasteiger charge is 2.20. The number of hydrogen-bond donors (Lipinski definition) is 0. The fourth-order valence-corrected chi connectivity index (χ4v) is 4.24. The van der Waals surface area contributed by atoms with Gasteiger partial charge in [0.25, 0.3) is 0 Å². The maximum Gasteiger partial charge on any atom is 0.164 e. The van der Waals surface area contributed by atoms with E-state index in [2.05, 4.69) is 0 Å². The van der Waals surface area contributed by atoms with Crippen LogP contribution < -0.4 is 0 Å². The summed E-state index contributed by atoms with van der Waals surface area (Å²) in [5, 5.41) is 1.00. The summed E-state index contributed by atoms with van der Waals surface area (Å²) in [6.45, 7) is 0. The number of benzene rings is 3. The molecule has 0 saturated carbocycles. The zero-order valence-corrected chi connectivity index (χ0v) is 16.0. The third-order valence-corrected chi connectivity index (χ3v) is 5.86. The molecule has 0 amide bonds. The second-order valence-electron chi connectivity index (χ2n) is 5.73. The van der Waals surface area contributed by atoms with E-state index < -0.39 is 0 Å². The zero-order chi connectivity index (χ0) is 18.5. The summed E-state index contributed by atoms with van der Waals surface area (Å²) in [5.41, 5.74) is 1.52. The normalized spacial score (nSPS) is 12.0. The number of carbonyl (C=O) groups excluding carboxylic acids is 1. The van der Waals surface area contributed by atoms with Crippen molar-refractivity contribution in [3.8, 4) is 0 Å². The number of hydrogen-bond acceptors (Lipinski definition) is 2. The molecular weight excluding hydrogens is 390 g/mol. The number of rotatable bonds is 6. The molecule has 0 radical (unpaired) electrons. The third kappa shape index (κ3) is 4.88. The van der Waals surface area contributed by atoms with Gasteiger partial charge in [-0.05, 0) is 48.0 Å². The van der Waals surface area contributed by atoms with E-state index in [0.29, 0.717) is 15.6 Å². The Morgan fingerprint density at radius 3 is 2.31 bits per heavy atom. The summed E-state index contributed by atoms with van der Waals surface area (Å²) >= 11 is 13.8. The van der Waals surface area contributed by atoms with Crippen LogP contribution in [0.3, 0.4) is 0 Å². The van der Waals surface area contributed by atoms with Crippen LogP contribution in [0.5, 0.6) is 0 Å². The molecule has 0 heterocycles. The molecule has 3 aromatic carbocycles. The minimum Gasteiger partial charge on any atom is -0.294 e. The quantitative estimate of drug-likeness (QED) is 0.318. The highest BCUT2D eigenvalue weighted by Crippen LogP contribution is 2.42. The van der Waals surface area contributed by atoms with Gasteiger partial charge in [-0.3, -0.25) is 4.79 Å². The molecule has 0 saturated heterocycles. The minimum absolute atomic E-state index is 0.0450. The van der Waals surface area contributed by atoms with Crippen LogP contribution in [0.2, 0.25) is 10.0 Å². The van der Waals surface area contributed by atoms with Crippen molar-refractivity contribution in [2.45, 2.75) is 16.6 Å². The van der Waals surface area contributed by atoms with Gasteiger partial charge in [-0.15, -0.1) is 11.8 Å². The average Bonchev–Trinajstić information content (AvgIpc) is 2.64. The molecule has 3 aromatic rings. The van der Waals surface area contributed by atoms with E-state index in [1.165, 1.54) is 36.0 Å². The van der Waals surface area contributed by atoms with Gasteiger partial charge < -0.3 is 0 Å². The van der Waals surface area contributed by atoms with Crippen LogP contribution in [0.25, 0.3) is 0 Å². The molecular formula is C21H15Cl2FOS. The molecule has 0 unspecified atom stereocenters. The summed E-state index contributed by atoms with van der Waals surface area (Å²) in [6, 6.07) is 20.7. The molecule has 5 heteroatoms. The Bertz CT molecular complexity index is 898. The van der Waals surface area contributed by atoms with Crippen molar-refractivity contribution in [1.82, 2.24) is 0 Å². The van der Waals surface area contributed by atoms with Crippen LogP contribution >= 0.6 is 35.0 Å². The number of carbonyl (C=O) groups is 1. The second kappa shape index (κ2) is 8.72. The Balaban J connectivity index is 1.86. The van der Waals surface area contributed by atoms with E-state index in [9.17, 15) is 9.18 Å². The average molecular weight is 405 g/mol. The highest BCUT2D eigenvalue weighted by atomic mass is 35.5. The molecule has 0 bridgehead atoms. The molecule has 0 aliphatic carbocycles. The van der Waals surface area contributed by atoms with Crippen LogP contribution in [0.15, 0.2) is 77.7 Å². The molecule has 132 valence electrons. The number of Topliss-reactive ketones (excluding diaryl/α,β-unsaturated/α-hetero) is 1. The number of thioether (sulfide) groups is 1. The fourth-order valence-electron chi connectivity index (χ4n) is 2.54. The van der Waals surface area contributed by atoms with E-state index in [4.69, 9.17) is 23.2 Å². The van der Waals surface area contributed by atoms with Gasteiger partial charge in [0, 0.05) is 27.2 Å². The van der Waals surface area contributed by atoms with E-state index in [-0.39, 0.29) is 23.3 Å². The first-order valence-corrected chi connectivity index (χ1v) is 9.62. The first-order valence-electron chi connectivity index (χ1n) is 7.98. The van der Waals surface area contributed by atoms with Crippen LogP contribution in [0.4, 0.5) is 4.39 Å². The molecule has 0 N–H and O–H groups in total. The van der Waals surface area contributed by atoms with Gasteiger partial charge in [0.05, 0.1) is 5.02 Å². The van der Waals surface area contributed by atoms with Gasteiger partial charge in [-0.1, -0.05) is 53.5 Å². The van der Waals surface area contributed by atoms with Gasteiger partial charge in [0.1, 0.15) is 5.82 Å². The first kappa shape index (κ1) is 19.0. The van der Waals surface area contributed by atoms with Gasteiger partial charge in [-0.2, -0.15) is 0 Å². The van der Waals surface area contributed by atoms with E-state index in [0.717, 1.165) is 10.5 Å². The lowest BCUT2D eigenvalue weighted by atomic mass is 10.0. The zero-order valence-electron chi connectivity index (χ0n) is 13.7. The predicted molar refractivity (Wildman–Crippen MR) is 107 cm³/mol. The summed E-state index contributed by atoms with van der Waals surface area (Å²) < 4.78 is 13.1. The van der Waals surface area contributed by atoms with Crippen molar-refractivity contribution in [1.29, 1.82) is 0 Å². The monoisotopic (exact) mass is 404 g/mol. The van der Waals surface area contributed by atoms with Crippen molar-refractivity contribution >= 4 is 40.7 Å². The Morgan fingerprint density at radius 1 is 0.962 bits per heavy atom. The van der Waals surface area contributed by atoms with Gasteiger partial charge in [0.2, 0.25) is 0 Å². The molecule has 3 rings (SSSR count). The van der Waals surface area contributed by atoms with Crippen LogP contribution in [0, 0.1) is 5.82 Å². The Morgan fingerprint density at radius 2 is 1.65 bits per heavy atom. The van der Waals surface area contributed by atoms with E-state index in [1.54, 1.807) is 12.1 Å². The van der Waals surface area contributed by atoms with Crippen molar-refractivity contribution < 1.29 is 9.18 Å². The van der Waals surface area contributed by atoms with E-state index >= 15 is 0 Å². The summed E-state index contributed by atoms with van der Waals surface area (Å²) in [7, 11) is 0. The van der Waals surface area contributed by atoms with Crippen LogP contribution in [-0.2, 0) is 0 Å². The smallest absolute Gasteiger partial charge is 0.164 e. The molecule has 0 aromatic heterocycles. The molecule has 0 fully saturated rings. The second-order valence-corrected chi connectivity index (χ2v) is 7.81. The maximum atomic E-state index is 13.1. The minimum atomic E-state index is -0.358. The van der Waals surface area contributed by atoms with Gasteiger partial charge in [0.15, 0.2) is 5.78 Å². The molecule has 26 heavy (non-hydrogen) atoms. The first-order chi connectivity index (χ1) is 12.5. The van der Waals surface area contributed by atoms with Gasteiger partial charge >= 0.3 is 0 Å². The predicted octanol–water partition coefficient (Wildman–Crippen LogP) is 7.24. The Kier molecular flexibility index (Phi) is 6.36. The lowest BCUT2D eigenvalue weighted by Crippen LogP contribution is -2.05. The number of ketones is 1. The molecule has 0 aliphatic heterocycles. The number of halogens is 3. The lowest BCUT2D eigenvalue weighted by molar-refractivity contribution is 0.0982. The lowest BCUT2D eigenvalue weighted by Gasteiger charge is -2.17. The third-order valence-electron chi connectivity index (χ3n) is 3.87. The highest BCUT2D eigenvalue weighted by molar-refractivity contribution is 7.99. The standard InChI is InChI=1S/C21H15Cl2FOS/c22-16-8-11-20(18(23)12-16)26-21(15-4-2-1-3-5-15)13-19(25)14-6-9-17(24)10-7-14/h1-12,21H,13H2/t21-/m1/s1. The molecule has 1 atom stereocenters. The van der Waals surface area contributed by atoms with Crippen molar-refractivity contribution in [2.75, 3.05) is 0 Å². The molecule has 1 nitrogen and oxygen atoms in total. The summed E-state index contributed by atoms with van der Waals surface area (Å²) in [4.78, 5) is 13.5. The molecule has 0 spiro atoms. The van der Waals surface area contributed by atoms with Crippen molar-refractivity contribution in [3.05, 3.63) is 99.8 Å². The summed E-state index contributed by atoms with van der Waals surface area (Å²) in [5.74, 6) is -0.403. The van der Waals surface area contributed by atoms with Gasteiger partial charge in [-0.25, -0.2) is 4.39 Å². The molecule has 0 aliphatic rings.